The summed E-state index contributed by atoms with van der Waals surface area (Å²) in [7, 11) is 1.69. The molecule has 1 saturated heterocycles. The molecule has 0 aliphatic carbocycles. The third-order valence-electron chi connectivity index (χ3n) is 7.07. The molecule has 1 aliphatic rings. The molecule has 7 N–H and O–H groups in total. The molecule has 0 saturated carbocycles. The SMILES string of the molecule is CCC(NC(=O)C(CCc1ccc(O)cc1)NC)C(=O)N1C[C@H](C)CC1C(=O)NC(NCCOCCO)[C@@H](C)O. The molecule has 0 radical (unpaired) electrons. The molecule has 12 nitrogen and oxygen atoms in total. The van der Waals surface area contributed by atoms with Crippen molar-refractivity contribution in [2.24, 2.45) is 5.92 Å². The normalized spacial score (nSPS) is 20.0. The van der Waals surface area contributed by atoms with E-state index in [0.717, 1.165) is 5.56 Å². The highest BCUT2D eigenvalue weighted by atomic mass is 16.5. The zero-order valence-corrected chi connectivity index (χ0v) is 24.1. The first kappa shape index (κ1) is 33.4. The zero-order valence-electron chi connectivity index (χ0n) is 24.1. The van der Waals surface area contributed by atoms with Gasteiger partial charge in [-0.15, -0.1) is 0 Å². The Morgan fingerprint density at radius 1 is 1.12 bits per heavy atom. The minimum absolute atomic E-state index is 0.0884. The van der Waals surface area contributed by atoms with Crippen LogP contribution in [0.2, 0.25) is 0 Å². The van der Waals surface area contributed by atoms with E-state index in [1.54, 1.807) is 38.2 Å². The molecule has 6 atom stereocenters. The molecule has 40 heavy (non-hydrogen) atoms. The molecule has 0 aromatic heterocycles. The van der Waals surface area contributed by atoms with Crippen molar-refractivity contribution in [3.05, 3.63) is 29.8 Å². The van der Waals surface area contributed by atoms with Gasteiger partial charge in [0.15, 0.2) is 0 Å². The fourth-order valence-corrected chi connectivity index (χ4v) is 4.77. The lowest BCUT2D eigenvalue weighted by Gasteiger charge is -2.31. The van der Waals surface area contributed by atoms with Crippen molar-refractivity contribution in [3.8, 4) is 5.75 Å². The molecular formula is C28H47N5O7. The predicted molar refractivity (Wildman–Crippen MR) is 150 cm³/mol. The molecule has 3 amide bonds. The summed E-state index contributed by atoms with van der Waals surface area (Å²) in [6, 6.07) is 4.79. The number of nitrogens with one attached hydrogen (secondary N) is 4. The van der Waals surface area contributed by atoms with E-state index in [1.165, 1.54) is 4.90 Å². The number of aliphatic hydroxyl groups is 2. The van der Waals surface area contributed by atoms with E-state index in [2.05, 4.69) is 21.3 Å². The Bertz CT molecular complexity index is 930. The molecule has 0 bridgehead atoms. The van der Waals surface area contributed by atoms with Gasteiger partial charge in [-0.3, -0.25) is 19.7 Å². The number of hydrogen-bond acceptors (Lipinski definition) is 9. The summed E-state index contributed by atoms with van der Waals surface area (Å²) in [5.74, 6) is -0.714. The average molecular weight is 566 g/mol. The van der Waals surface area contributed by atoms with Crippen LogP contribution in [0.4, 0.5) is 0 Å². The Hall–Kier alpha value is -2.77. The van der Waals surface area contributed by atoms with Crippen LogP contribution in [0.15, 0.2) is 24.3 Å². The number of rotatable bonds is 17. The summed E-state index contributed by atoms with van der Waals surface area (Å²) in [4.78, 5) is 41.4. The molecular weight excluding hydrogens is 518 g/mol. The molecule has 0 spiro atoms. The van der Waals surface area contributed by atoms with Gasteiger partial charge < -0.3 is 40.9 Å². The topological polar surface area (TPSA) is 172 Å². The maximum Gasteiger partial charge on any atom is 0.245 e. The lowest BCUT2D eigenvalue weighted by molar-refractivity contribution is -0.142. The number of aryl methyl sites for hydroxylation is 1. The van der Waals surface area contributed by atoms with Gasteiger partial charge in [-0.2, -0.15) is 0 Å². The molecule has 226 valence electrons. The van der Waals surface area contributed by atoms with Crippen molar-refractivity contribution in [1.82, 2.24) is 26.2 Å². The van der Waals surface area contributed by atoms with Crippen LogP contribution in [-0.4, -0.2) is 108 Å². The molecule has 1 fully saturated rings. The first-order valence-corrected chi connectivity index (χ1v) is 14.1. The van der Waals surface area contributed by atoms with E-state index in [0.29, 0.717) is 45.4 Å². The third kappa shape index (κ3) is 10.3. The molecule has 2 rings (SSSR count). The van der Waals surface area contributed by atoms with Crippen LogP contribution in [-0.2, 0) is 25.5 Å². The largest absolute Gasteiger partial charge is 0.508 e. The maximum absolute atomic E-state index is 13.6. The monoisotopic (exact) mass is 565 g/mol. The van der Waals surface area contributed by atoms with E-state index in [1.807, 2.05) is 13.8 Å². The lowest BCUT2D eigenvalue weighted by atomic mass is 10.0. The number of benzene rings is 1. The number of aromatic hydroxyl groups is 1. The van der Waals surface area contributed by atoms with E-state index >= 15 is 0 Å². The molecule has 1 aromatic carbocycles. The summed E-state index contributed by atoms with van der Waals surface area (Å²) in [6.07, 6.45) is 0.311. The standard InChI is InChI=1S/C28H47N5O7/c1-5-22(31-26(37)23(29-4)11-8-20-6-9-21(36)10-7-20)28(39)33-17-18(2)16-24(33)27(38)32-25(19(3)35)30-12-14-40-15-13-34/h6-7,9-10,18-19,22-25,29-30,34-36H,5,8,11-17H2,1-4H3,(H,31,37)(H,32,38)/t18-,19-,22?,23?,24?,25?/m1/s1. The number of hydrogen-bond donors (Lipinski definition) is 7. The highest BCUT2D eigenvalue weighted by molar-refractivity contribution is 5.93. The number of likely N-dealkylation sites (N-methyl/N-ethyl adjacent to an activating group) is 1. The average Bonchev–Trinajstić information content (AvgIpc) is 3.33. The summed E-state index contributed by atoms with van der Waals surface area (Å²) in [6.45, 7) is 6.48. The van der Waals surface area contributed by atoms with Crippen molar-refractivity contribution in [2.75, 3.05) is 40.0 Å². The number of phenols is 1. The Morgan fingerprint density at radius 3 is 2.42 bits per heavy atom. The number of likely N-dealkylation sites (tertiary alicyclic amines) is 1. The second kappa shape index (κ2) is 17.1. The minimum atomic E-state index is -0.896. The van der Waals surface area contributed by atoms with Gasteiger partial charge in [0, 0.05) is 13.1 Å². The molecule has 1 aromatic rings. The van der Waals surface area contributed by atoms with Gasteiger partial charge in [-0.05, 0) is 63.3 Å². The van der Waals surface area contributed by atoms with Crippen molar-refractivity contribution < 1.29 is 34.4 Å². The molecule has 1 aliphatic heterocycles. The van der Waals surface area contributed by atoms with E-state index in [9.17, 15) is 24.6 Å². The molecule has 4 unspecified atom stereocenters. The van der Waals surface area contributed by atoms with E-state index in [-0.39, 0.29) is 42.6 Å². The van der Waals surface area contributed by atoms with Crippen LogP contribution < -0.4 is 21.3 Å². The van der Waals surface area contributed by atoms with Crippen LogP contribution in [0, 0.1) is 5.92 Å². The Morgan fingerprint density at radius 2 is 1.82 bits per heavy atom. The predicted octanol–water partition coefficient (Wildman–Crippen LogP) is -0.534. The van der Waals surface area contributed by atoms with Crippen LogP contribution in [0.1, 0.15) is 45.6 Å². The summed E-state index contributed by atoms with van der Waals surface area (Å²) < 4.78 is 5.21. The van der Waals surface area contributed by atoms with Crippen molar-refractivity contribution in [3.63, 3.8) is 0 Å². The van der Waals surface area contributed by atoms with Crippen LogP contribution >= 0.6 is 0 Å². The van der Waals surface area contributed by atoms with E-state index < -0.39 is 30.4 Å². The molecule has 12 heteroatoms. The minimum Gasteiger partial charge on any atom is -0.508 e. The van der Waals surface area contributed by atoms with E-state index in [4.69, 9.17) is 9.84 Å². The quantitative estimate of drug-likeness (QED) is 0.0968. The van der Waals surface area contributed by atoms with Crippen molar-refractivity contribution >= 4 is 17.7 Å². The number of phenolic OH excluding ortho intramolecular Hbond substituents is 1. The van der Waals surface area contributed by atoms with Crippen LogP contribution in [0.25, 0.3) is 0 Å². The number of amides is 3. The first-order chi connectivity index (χ1) is 19.1. The number of carbonyl (C=O) groups is 3. The highest BCUT2D eigenvalue weighted by Gasteiger charge is 2.41. The summed E-state index contributed by atoms with van der Waals surface area (Å²) in [5, 5.41) is 40.1. The van der Waals surface area contributed by atoms with Gasteiger partial charge in [0.05, 0.1) is 32.0 Å². The van der Waals surface area contributed by atoms with Crippen molar-refractivity contribution in [1.29, 1.82) is 0 Å². The van der Waals surface area contributed by atoms with Crippen molar-refractivity contribution in [2.45, 2.75) is 76.8 Å². The smallest absolute Gasteiger partial charge is 0.245 e. The maximum atomic E-state index is 13.6. The zero-order chi connectivity index (χ0) is 29.7. The number of carbonyl (C=O) groups excluding carboxylic acids is 3. The number of aliphatic hydroxyl groups excluding tert-OH is 2. The van der Waals surface area contributed by atoms with Gasteiger partial charge in [0.2, 0.25) is 17.7 Å². The van der Waals surface area contributed by atoms with Crippen LogP contribution in [0.5, 0.6) is 5.75 Å². The second-order valence-electron chi connectivity index (χ2n) is 10.4. The van der Waals surface area contributed by atoms with Gasteiger partial charge in [0.25, 0.3) is 0 Å². The number of nitrogens with zero attached hydrogens (tertiary/aromatic N) is 1. The fraction of sp³-hybridized carbons (Fsp3) is 0.679. The summed E-state index contributed by atoms with van der Waals surface area (Å²) in [5.41, 5.74) is 0.983. The molecule has 1 heterocycles. The third-order valence-corrected chi connectivity index (χ3v) is 7.07. The number of ether oxygens (including phenoxy) is 1. The fourth-order valence-electron chi connectivity index (χ4n) is 4.77. The van der Waals surface area contributed by atoms with Crippen LogP contribution in [0.3, 0.4) is 0 Å². The van der Waals surface area contributed by atoms with Gasteiger partial charge >= 0.3 is 0 Å². The highest BCUT2D eigenvalue weighted by Crippen LogP contribution is 2.24. The van der Waals surface area contributed by atoms with Gasteiger partial charge in [-0.1, -0.05) is 26.0 Å². The Balaban J connectivity index is 2.00. The van der Waals surface area contributed by atoms with Gasteiger partial charge in [-0.25, -0.2) is 0 Å². The Kier molecular flexibility index (Phi) is 14.3. The summed E-state index contributed by atoms with van der Waals surface area (Å²) >= 11 is 0. The first-order valence-electron chi connectivity index (χ1n) is 14.1. The Labute approximate surface area is 236 Å². The lowest BCUT2D eigenvalue weighted by Crippen LogP contribution is -2.59. The second-order valence-corrected chi connectivity index (χ2v) is 10.4. The van der Waals surface area contributed by atoms with Gasteiger partial charge in [0.1, 0.15) is 24.0 Å².